The lowest BCUT2D eigenvalue weighted by Gasteiger charge is -2.07. The van der Waals surface area contributed by atoms with E-state index in [-0.39, 0.29) is 11.7 Å². The van der Waals surface area contributed by atoms with Gasteiger partial charge in [0.25, 0.3) is 5.91 Å². The van der Waals surface area contributed by atoms with Gasteiger partial charge in [-0.2, -0.15) is 5.10 Å². The van der Waals surface area contributed by atoms with Crippen LogP contribution in [0.5, 0.6) is 0 Å². The van der Waals surface area contributed by atoms with E-state index in [4.69, 9.17) is 11.6 Å². The predicted octanol–water partition coefficient (Wildman–Crippen LogP) is 4.23. The first-order chi connectivity index (χ1) is 11.0. The third kappa shape index (κ3) is 3.40. The van der Waals surface area contributed by atoms with Crippen LogP contribution < -0.4 is 5.32 Å². The van der Waals surface area contributed by atoms with E-state index < -0.39 is 0 Å². The number of amides is 1. The Morgan fingerprint density at radius 1 is 1.22 bits per heavy atom. The van der Waals surface area contributed by atoms with Crippen molar-refractivity contribution >= 4 is 23.2 Å². The van der Waals surface area contributed by atoms with Crippen LogP contribution in [-0.4, -0.2) is 15.7 Å². The zero-order valence-corrected chi connectivity index (χ0v) is 13.0. The second-order valence-electron chi connectivity index (χ2n) is 5.06. The molecule has 0 unspecified atom stereocenters. The molecule has 0 saturated heterocycles. The number of nitrogens with zero attached hydrogens (tertiary/aromatic N) is 2. The third-order valence-corrected chi connectivity index (χ3v) is 3.61. The molecule has 0 aliphatic rings. The van der Waals surface area contributed by atoms with Gasteiger partial charge in [0, 0.05) is 16.9 Å². The van der Waals surface area contributed by atoms with Crippen molar-refractivity contribution in [3.63, 3.8) is 0 Å². The van der Waals surface area contributed by atoms with Gasteiger partial charge < -0.3 is 5.32 Å². The van der Waals surface area contributed by atoms with Gasteiger partial charge in [0.05, 0.1) is 17.4 Å². The number of aromatic nitrogens is 2. The van der Waals surface area contributed by atoms with Crippen molar-refractivity contribution in [1.82, 2.24) is 9.78 Å². The van der Waals surface area contributed by atoms with Crippen molar-refractivity contribution in [2.24, 2.45) is 0 Å². The molecular weight excluding hydrogens is 317 g/mol. The quantitative estimate of drug-likeness (QED) is 0.781. The van der Waals surface area contributed by atoms with Crippen molar-refractivity contribution in [3.05, 3.63) is 76.8 Å². The van der Waals surface area contributed by atoms with Crippen LogP contribution in [0.15, 0.2) is 54.9 Å². The number of hydrogen-bond donors (Lipinski definition) is 1. The fourth-order valence-corrected chi connectivity index (χ4v) is 2.36. The zero-order chi connectivity index (χ0) is 16.4. The van der Waals surface area contributed by atoms with Crippen LogP contribution in [0.1, 0.15) is 15.9 Å². The van der Waals surface area contributed by atoms with E-state index >= 15 is 0 Å². The van der Waals surface area contributed by atoms with Crippen molar-refractivity contribution < 1.29 is 9.18 Å². The average Bonchev–Trinajstić information content (AvgIpc) is 3.01. The van der Waals surface area contributed by atoms with Crippen molar-refractivity contribution in [1.29, 1.82) is 0 Å². The molecule has 0 atom stereocenters. The molecule has 0 aliphatic carbocycles. The molecule has 0 radical (unpaired) electrons. The minimum absolute atomic E-state index is 0.274. The first-order valence-electron chi connectivity index (χ1n) is 6.91. The largest absolute Gasteiger partial charge is 0.322 e. The van der Waals surface area contributed by atoms with E-state index in [0.29, 0.717) is 22.0 Å². The highest BCUT2D eigenvalue weighted by molar-refractivity contribution is 6.30. The van der Waals surface area contributed by atoms with Gasteiger partial charge in [-0.3, -0.25) is 4.79 Å². The summed E-state index contributed by atoms with van der Waals surface area (Å²) in [5.41, 5.74) is 2.64. The Morgan fingerprint density at radius 2 is 1.96 bits per heavy atom. The maximum atomic E-state index is 12.9. The Labute approximate surface area is 137 Å². The SMILES string of the molecule is Cc1cc(Cl)ccc1NC(=O)c1cnn(-c2ccc(F)cc2)c1. The molecule has 1 N–H and O–H groups in total. The normalized spacial score (nSPS) is 10.6. The van der Waals surface area contributed by atoms with Crippen molar-refractivity contribution in [2.45, 2.75) is 6.92 Å². The van der Waals surface area contributed by atoms with Crippen LogP contribution in [0.4, 0.5) is 10.1 Å². The Kier molecular flexibility index (Phi) is 4.12. The summed E-state index contributed by atoms with van der Waals surface area (Å²) < 4.78 is 14.5. The molecule has 1 aromatic heterocycles. The molecule has 3 rings (SSSR count). The number of anilines is 1. The molecule has 6 heteroatoms. The summed E-state index contributed by atoms with van der Waals surface area (Å²) in [4.78, 5) is 12.3. The van der Waals surface area contributed by atoms with E-state index in [1.165, 1.54) is 23.0 Å². The van der Waals surface area contributed by atoms with Gasteiger partial charge in [0.15, 0.2) is 0 Å². The fraction of sp³-hybridized carbons (Fsp3) is 0.0588. The van der Waals surface area contributed by atoms with Gasteiger partial charge in [-0.05, 0) is 55.0 Å². The molecule has 3 aromatic rings. The van der Waals surface area contributed by atoms with Crippen LogP contribution in [0, 0.1) is 12.7 Å². The topological polar surface area (TPSA) is 46.9 Å². The van der Waals surface area contributed by atoms with Crippen LogP contribution in [0.2, 0.25) is 5.02 Å². The Bertz CT molecular complexity index is 859. The van der Waals surface area contributed by atoms with Crippen molar-refractivity contribution in [3.8, 4) is 5.69 Å². The lowest BCUT2D eigenvalue weighted by molar-refractivity contribution is 0.102. The summed E-state index contributed by atoms with van der Waals surface area (Å²) in [5, 5.41) is 7.56. The molecule has 2 aromatic carbocycles. The maximum Gasteiger partial charge on any atom is 0.258 e. The van der Waals surface area contributed by atoms with Gasteiger partial charge in [0.1, 0.15) is 5.82 Å². The molecular formula is C17H13ClFN3O. The fourth-order valence-electron chi connectivity index (χ4n) is 2.14. The highest BCUT2D eigenvalue weighted by Crippen LogP contribution is 2.20. The maximum absolute atomic E-state index is 12.9. The van der Waals surface area contributed by atoms with Crippen LogP contribution in [0.25, 0.3) is 5.69 Å². The second kappa shape index (κ2) is 6.22. The number of carbonyl (C=O) groups excluding carboxylic acids is 1. The van der Waals surface area contributed by atoms with Gasteiger partial charge in [-0.1, -0.05) is 11.6 Å². The van der Waals surface area contributed by atoms with Gasteiger partial charge in [0.2, 0.25) is 0 Å². The molecule has 1 amide bonds. The molecule has 23 heavy (non-hydrogen) atoms. The summed E-state index contributed by atoms with van der Waals surface area (Å²) >= 11 is 5.90. The average molecular weight is 330 g/mol. The molecule has 116 valence electrons. The number of halogens is 2. The van der Waals surface area contributed by atoms with E-state index in [2.05, 4.69) is 10.4 Å². The third-order valence-electron chi connectivity index (χ3n) is 3.37. The monoisotopic (exact) mass is 329 g/mol. The molecule has 0 saturated carbocycles. The minimum Gasteiger partial charge on any atom is -0.322 e. The molecule has 4 nitrogen and oxygen atoms in total. The van der Waals surface area contributed by atoms with Gasteiger partial charge >= 0.3 is 0 Å². The van der Waals surface area contributed by atoms with Crippen LogP contribution >= 0.6 is 11.6 Å². The second-order valence-corrected chi connectivity index (χ2v) is 5.50. The lowest BCUT2D eigenvalue weighted by atomic mass is 10.2. The number of hydrogen-bond acceptors (Lipinski definition) is 2. The Hall–Kier alpha value is -2.66. The van der Waals surface area contributed by atoms with E-state index in [1.807, 2.05) is 6.92 Å². The van der Waals surface area contributed by atoms with Crippen LogP contribution in [0.3, 0.4) is 0 Å². The Balaban J connectivity index is 1.79. The first-order valence-corrected chi connectivity index (χ1v) is 7.29. The molecule has 0 aliphatic heterocycles. The van der Waals surface area contributed by atoms with E-state index in [0.717, 1.165) is 5.56 Å². The van der Waals surface area contributed by atoms with Crippen LogP contribution in [-0.2, 0) is 0 Å². The van der Waals surface area contributed by atoms with Gasteiger partial charge in [-0.15, -0.1) is 0 Å². The standard InChI is InChI=1S/C17H13ClFN3O/c1-11-8-13(18)2-7-16(11)21-17(23)12-9-20-22(10-12)15-5-3-14(19)4-6-15/h2-10H,1H3,(H,21,23). The number of aryl methyl sites for hydroxylation is 1. The minimum atomic E-state index is -0.322. The van der Waals surface area contributed by atoms with E-state index in [9.17, 15) is 9.18 Å². The summed E-state index contributed by atoms with van der Waals surface area (Å²) in [6, 6.07) is 11.1. The molecule has 1 heterocycles. The first kappa shape index (κ1) is 15.2. The highest BCUT2D eigenvalue weighted by atomic mass is 35.5. The highest BCUT2D eigenvalue weighted by Gasteiger charge is 2.11. The predicted molar refractivity (Wildman–Crippen MR) is 87.7 cm³/mol. The summed E-state index contributed by atoms with van der Waals surface area (Å²) in [6.07, 6.45) is 3.05. The zero-order valence-electron chi connectivity index (χ0n) is 12.3. The summed E-state index contributed by atoms with van der Waals surface area (Å²) in [6.45, 7) is 1.86. The van der Waals surface area contributed by atoms with Crippen molar-refractivity contribution in [2.75, 3.05) is 5.32 Å². The lowest BCUT2D eigenvalue weighted by Crippen LogP contribution is -2.12. The number of rotatable bonds is 3. The molecule has 0 fully saturated rings. The molecule has 0 spiro atoms. The van der Waals surface area contributed by atoms with E-state index in [1.54, 1.807) is 36.5 Å². The van der Waals surface area contributed by atoms with Gasteiger partial charge in [-0.25, -0.2) is 9.07 Å². The molecule has 0 bridgehead atoms. The number of nitrogens with one attached hydrogen (secondary N) is 1. The number of benzene rings is 2. The smallest absolute Gasteiger partial charge is 0.258 e. The summed E-state index contributed by atoms with van der Waals surface area (Å²) in [5.74, 6) is -0.596. The Morgan fingerprint density at radius 3 is 2.65 bits per heavy atom. The summed E-state index contributed by atoms with van der Waals surface area (Å²) in [7, 11) is 0. The number of carbonyl (C=O) groups is 1.